The Morgan fingerprint density at radius 1 is 0.955 bits per heavy atom. The minimum absolute atomic E-state index is 0.0426. The molecule has 4 aromatic carbocycles. The molecule has 0 aliphatic carbocycles. The molecular formula is C35H28N2O6S. The molecule has 7 rings (SSSR count). The van der Waals surface area contributed by atoms with Crippen LogP contribution in [-0.4, -0.2) is 35.0 Å². The van der Waals surface area contributed by atoms with E-state index >= 15 is 0 Å². The van der Waals surface area contributed by atoms with Gasteiger partial charge in [-0.2, -0.15) is 0 Å². The van der Waals surface area contributed by atoms with Crippen LogP contribution >= 0.6 is 11.3 Å². The number of nitrogens with zero attached hydrogens (tertiary/aromatic N) is 2. The van der Waals surface area contributed by atoms with Crippen LogP contribution in [0.4, 0.5) is 5.13 Å². The van der Waals surface area contributed by atoms with Crippen molar-refractivity contribution in [3.63, 3.8) is 0 Å². The summed E-state index contributed by atoms with van der Waals surface area (Å²) in [4.78, 5) is 33.8. The topological polar surface area (TPSA) is 98.2 Å². The minimum atomic E-state index is -0.953. The van der Waals surface area contributed by atoms with Gasteiger partial charge in [-0.25, -0.2) is 4.98 Å². The lowest BCUT2D eigenvalue weighted by molar-refractivity contribution is -0.132. The van der Waals surface area contributed by atoms with Crippen LogP contribution in [0.1, 0.15) is 33.9 Å². The molecule has 1 aromatic heterocycles. The van der Waals surface area contributed by atoms with Gasteiger partial charge in [0.1, 0.15) is 31.3 Å². The van der Waals surface area contributed by atoms with Gasteiger partial charge in [0.05, 0.1) is 21.8 Å². The van der Waals surface area contributed by atoms with Gasteiger partial charge in [-0.1, -0.05) is 59.9 Å². The van der Waals surface area contributed by atoms with Crippen molar-refractivity contribution in [3.8, 4) is 17.2 Å². The second-order valence-corrected chi connectivity index (χ2v) is 11.8. The monoisotopic (exact) mass is 604 g/mol. The maximum Gasteiger partial charge on any atom is 0.301 e. The number of ketones is 1. The minimum Gasteiger partial charge on any atom is -0.507 e. The van der Waals surface area contributed by atoms with Crippen molar-refractivity contribution in [2.45, 2.75) is 26.5 Å². The van der Waals surface area contributed by atoms with E-state index in [0.29, 0.717) is 53.3 Å². The average Bonchev–Trinajstić information content (AvgIpc) is 3.58. The highest BCUT2D eigenvalue weighted by atomic mass is 32.1. The van der Waals surface area contributed by atoms with E-state index in [2.05, 4.69) is 0 Å². The summed E-state index contributed by atoms with van der Waals surface area (Å²) in [5.41, 5.74) is 4.71. The fraction of sp³-hybridized carbons (Fsp3) is 0.171. The third-order valence-electron chi connectivity index (χ3n) is 7.71. The summed E-state index contributed by atoms with van der Waals surface area (Å²) in [7, 11) is 0. The molecule has 0 unspecified atom stereocenters. The average molecular weight is 605 g/mol. The van der Waals surface area contributed by atoms with Crippen LogP contribution in [-0.2, 0) is 16.2 Å². The lowest BCUT2D eigenvalue weighted by atomic mass is 9.95. The maximum absolute atomic E-state index is 13.8. The van der Waals surface area contributed by atoms with Crippen molar-refractivity contribution in [2.24, 2.45) is 0 Å². The number of rotatable bonds is 6. The highest BCUT2D eigenvalue weighted by Gasteiger charge is 2.48. The van der Waals surface area contributed by atoms with Crippen LogP contribution in [0.25, 0.3) is 16.0 Å². The van der Waals surface area contributed by atoms with Gasteiger partial charge >= 0.3 is 5.91 Å². The van der Waals surface area contributed by atoms with Crippen molar-refractivity contribution in [3.05, 3.63) is 118 Å². The lowest BCUT2D eigenvalue weighted by Gasteiger charge is -2.24. The molecule has 2 aliphatic heterocycles. The quantitative estimate of drug-likeness (QED) is 0.128. The maximum atomic E-state index is 13.8. The van der Waals surface area contributed by atoms with Crippen molar-refractivity contribution in [1.29, 1.82) is 0 Å². The van der Waals surface area contributed by atoms with E-state index in [1.54, 1.807) is 24.3 Å². The van der Waals surface area contributed by atoms with E-state index in [1.165, 1.54) is 16.2 Å². The number of amides is 1. The number of Topliss-reactive ketones (excluding diaryl/α,β-unsaturated/α-hetero) is 1. The summed E-state index contributed by atoms with van der Waals surface area (Å²) in [6.07, 6.45) is 0. The molecule has 220 valence electrons. The van der Waals surface area contributed by atoms with E-state index in [1.807, 2.05) is 74.5 Å². The van der Waals surface area contributed by atoms with E-state index < -0.39 is 17.7 Å². The number of aryl methyl sites for hydroxylation is 2. The molecule has 1 amide bonds. The number of ether oxygens (including phenoxy) is 3. The van der Waals surface area contributed by atoms with Gasteiger partial charge in [-0.15, -0.1) is 0 Å². The molecule has 0 saturated carbocycles. The van der Waals surface area contributed by atoms with Gasteiger partial charge in [-0.05, 0) is 72.5 Å². The SMILES string of the molecule is Cc1cc(C)c2nc(N3C(=O)C(=O)C(=C(O)c4ccc5c(c4)OCCO5)[C@@H]3c3cccc(OCc4ccccc4)c3)sc2c1. The first-order valence-corrected chi connectivity index (χ1v) is 15.0. The normalized spacial score (nSPS) is 17.3. The Labute approximate surface area is 257 Å². The second kappa shape index (κ2) is 11.2. The first-order valence-electron chi connectivity index (χ1n) is 14.2. The number of thiazole rings is 1. The predicted octanol–water partition coefficient (Wildman–Crippen LogP) is 6.89. The Morgan fingerprint density at radius 3 is 2.57 bits per heavy atom. The summed E-state index contributed by atoms with van der Waals surface area (Å²) in [5.74, 6) is -0.306. The lowest BCUT2D eigenvalue weighted by Crippen LogP contribution is -2.29. The predicted molar refractivity (Wildman–Crippen MR) is 169 cm³/mol. The molecular weight excluding hydrogens is 576 g/mol. The van der Waals surface area contributed by atoms with Crippen molar-refractivity contribution in [1.82, 2.24) is 4.98 Å². The molecule has 5 aromatic rings. The Kier molecular flexibility index (Phi) is 7.02. The van der Waals surface area contributed by atoms with Gasteiger partial charge in [0.15, 0.2) is 16.6 Å². The number of fused-ring (bicyclic) bond motifs is 2. The van der Waals surface area contributed by atoms with Crippen LogP contribution in [0.3, 0.4) is 0 Å². The molecule has 3 heterocycles. The van der Waals surface area contributed by atoms with Crippen LogP contribution < -0.4 is 19.1 Å². The Hall–Kier alpha value is -5.15. The number of benzene rings is 4. The molecule has 9 heteroatoms. The van der Waals surface area contributed by atoms with E-state index in [0.717, 1.165) is 26.9 Å². The second-order valence-electron chi connectivity index (χ2n) is 10.8. The fourth-order valence-corrected chi connectivity index (χ4v) is 6.84. The number of aliphatic hydroxyl groups is 1. The number of aliphatic hydroxyl groups excluding tert-OH is 1. The molecule has 2 aliphatic rings. The zero-order chi connectivity index (χ0) is 30.4. The largest absolute Gasteiger partial charge is 0.507 e. The standard InChI is InChI=1S/C35H28N2O6S/c1-20-15-21(2)30-28(16-20)44-35(36-30)37-31(23-9-6-10-25(17-23)43-19-22-7-4-3-5-8-22)29(33(39)34(37)40)32(38)24-11-12-26-27(18-24)42-14-13-41-26/h3-12,15-18,31,38H,13-14,19H2,1-2H3/t31-/m0/s1. The van der Waals surface area contributed by atoms with Gasteiger partial charge in [0, 0.05) is 5.56 Å². The van der Waals surface area contributed by atoms with Gasteiger partial charge in [0.2, 0.25) is 0 Å². The number of carbonyl (C=O) groups is 2. The molecule has 0 spiro atoms. The van der Waals surface area contributed by atoms with E-state index in [-0.39, 0.29) is 11.3 Å². The number of anilines is 1. The van der Waals surface area contributed by atoms with Gasteiger partial charge in [-0.3, -0.25) is 14.5 Å². The molecule has 1 N–H and O–H groups in total. The summed E-state index contributed by atoms with van der Waals surface area (Å²) in [6.45, 7) is 5.12. The first-order chi connectivity index (χ1) is 21.4. The van der Waals surface area contributed by atoms with Crippen LogP contribution in [0, 0.1) is 13.8 Å². The molecule has 1 saturated heterocycles. The number of aromatic nitrogens is 1. The molecule has 0 bridgehead atoms. The molecule has 0 radical (unpaired) electrons. The van der Waals surface area contributed by atoms with E-state index in [9.17, 15) is 14.7 Å². The smallest absolute Gasteiger partial charge is 0.301 e. The van der Waals surface area contributed by atoms with Crippen LogP contribution in [0.15, 0.2) is 90.5 Å². The number of hydrogen-bond acceptors (Lipinski definition) is 8. The Balaban J connectivity index is 1.36. The number of hydrogen-bond donors (Lipinski definition) is 1. The first kappa shape index (κ1) is 27.7. The van der Waals surface area contributed by atoms with Crippen LogP contribution in [0.2, 0.25) is 0 Å². The van der Waals surface area contributed by atoms with Crippen molar-refractivity contribution >= 4 is 44.1 Å². The third-order valence-corrected chi connectivity index (χ3v) is 8.71. The van der Waals surface area contributed by atoms with Crippen molar-refractivity contribution in [2.75, 3.05) is 18.1 Å². The molecule has 1 fully saturated rings. The zero-order valence-corrected chi connectivity index (χ0v) is 24.9. The third kappa shape index (κ3) is 4.95. The molecule has 44 heavy (non-hydrogen) atoms. The fourth-order valence-electron chi connectivity index (χ4n) is 5.67. The Morgan fingerprint density at radius 2 is 1.75 bits per heavy atom. The van der Waals surface area contributed by atoms with E-state index in [4.69, 9.17) is 19.2 Å². The highest BCUT2D eigenvalue weighted by Crippen LogP contribution is 2.46. The van der Waals surface area contributed by atoms with Gasteiger partial charge < -0.3 is 19.3 Å². The summed E-state index contributed by atoms with van der Waals surface area (Å²) in [5, 5.41) is 12.1. The summed E-state index contributed by atoms with van der Waals surface area (Å²) < 4.78 is 18.3. The van der Waals surface area contributed by atoms with Gasteiger partial charge in [0.25, 0.3) is 5.78 Å². The zero-order valence-electron chi connectivity index (χ0n) is 24.1. The summed E-state index contributed by atoms with van der Waals surface area (Å²) >= 11 is 1.34. The highest BCUT2D eigenvalue weighted by molar-refractivity contribution is 7.22. The Bertz CT molecular complexity index is 1970. The molecule has 1 atom stereocenters. The van der Waals surface area contributed by atoms with Crippen molar-refractivity contribution < 1.29 is 28.9 Å². The molecule has 8 nitrogen and oxygen atoms in total. The van der Waals surface area contributed by atoms with Crippen LogP contribution in [0.5, 0.6) is 17.2 Å². The number of carbonyl (C=O) groups excluding carboxylic acids is 2. The summed E-state index contributed by atoms with van der Waals surface area (Å²) in [6, 6.07) is 25.1.